The van der Waals surface area contributed by atoms with Gasteiger partial charge >= 0.3 is 0 Å². The number of hydrogen-bond donors (Lipinski definition) is 1. The maximum Gasteiger partial charge on any atom is 0.246 e. The average molecular weight is 246 g/mol. The third kappa shape index (κ3) is 4.82. The van der Waals surface area contributed by atoms with Crippen LogP contribution >= 0.6 is 0 Å². The van der Waals surface area contributed by atoms with Gasteiger partial charge in [-0.05, 0) is 11.6 Å². The molecule has 1 N–H and O–H groups in total. The Hall–Kier alpha value is -2.10. The quantitative estimate of drug-likeness (QED) is 0.796. The highest BCUT2D eigenvalue weighted by atomic mass is 16.2. The summed E-state index contributed by atoms with van der Waals surface area (Å²) in [7, 11) is 3.26. The van der Waals surface area contributed by atoms with Crippen LogP contribution in [0.25, 0.3) is 6.08 Å². The van der Waals surface area contributed by atoms with E-state index in [1.807, 2.05) is 30.3 Å². The number of carbonyl (C=O) groups excluding carboxylic acids is 2. The molecule has 0 aliphatic heterocycles. The fourth-order valence-corrected chi connectivity index (χ4v) is 1.36. The van der Waals surface area contributed by atoms with Crippen LogP contribution in [0.1, 0.15) is 12.0 Å². The zero-order valence-corrected chi connectivity index (χ0v) is 10.7. The Balaban J connectivity index is 2.45. The van der Waals surface area contributed by atoms with Gasteiger partial charge in [0.25, 0.3) is 0 Å². The molecule has 0 bridgehead atoms. The fourth-order valence-electron chi connectivity index (χ4n) is 1.36. The maximum absolute atomic E-state index is 11.7. The average Bonchev–Trinajstić information content (AvgIpc) is 2.42. The topological polar surface area (TPSA) is 49.4 Å². The molecule has 0 saturated carbocycles. The van der Waals surface area contributed by atoms with E-state index in [1.54, 1.807) is 20.2 Å². The molecule has 18 heavy (non-hydrogen) atoms. The summed E-state index contributed by atoms with van der Waals surface area (Å²) in [5.41, 5.74) is 0.977. The molecule has 1 aromatic carbocycles. The van der Waals surface area contributed by atoms with Gasteiger partial charge in [0, 0.05) is 33.1 Å². The second-order valence-corrected chi connectivity index (χ2v) is 3.93. The van der Waals surface area contributed by atoms with Crippen LogP contribution in [0.2, 0.25) is 0 Å². The molecule has 0 spiro atoms. The van der Waals surface area contributed by atoms with Crippen LogP contribution in [-0.4, -0.2) is 37.4 Å². The monoisotopic (exact) mass is 246 g/mol. The van der Waals surface area contributed by atoms with E-state index in [2.05, 4.69) is 5.32 Å². The molecule has 0 unspecified atom stereocenters. The summed E-state index contributed by atoms with van der Waals surface area (Å²) >= 11 is 0. The van der Waals surface area contributed by atoms with Gasteiger partial charge in [0.1, 0.15) is 0 Å². The number of amides is 2. The molecule has 0 aromatic heterocycles. The first-order valence-electron chi connectivity index (χ1n) is 5.82. The van der Waals surface area contributed by atoms with E-state index < -0.39 is 0 Å². The zero-order chi connectivity index (χ0) is 13.4. The predicted molar refractivity (Wildman–Crippen MR) is 71.8 cm³/mol. The fraction of sp³-hybridized carbons (Fsp3) is 0.286. The summed E-state index contributed by atoms with van der Waals surface area (Å²) in [5, 5.41) is 2.52. The van der Waals surface area contributed by atoms with E-state index in [9.17, 15) is 9.59 Å². The Morgan fingerprint density at radius 2 is 1.94 bits per heavy atom. The first kappa shape index (κ1) is 14.0. The Labute approximate surface area is 107 Å². The van der Waals surface area contributed by atoms with Crippen LogP contribution in [0.15, 0.2) is 36.4 Å². The van der Waals surface area contributed by atoms with Gasteiger partial charge in [-0.3, -0.25) is 9.59 Å². The van der Waals surface area contributed by atoms with Gasteiger partial charge in [0.2, 0.25) is 11.8 Å². The number of nitrogens with zero attached hydrogens (tertiary/aromatic N) is 1. The van der Waals surface area contributed by atoms with Gasteiger partial charge < -0.3 is 10.2 Å². The van der Waals surface area contributed by atoms with Gasteiger partial charge in [-0.2, -0.15) is 0 Å². The Kier molecular flexibility index (Phi) is 5.64. The van der Waals surface area contributed by atoms with Crippen molar-refractivity contribution < 1.29 is 9.59 Å². The van der Waals surface area contributed by atoms with Crippen molar-refractivity contribution in [2.24, 2.45) is 0 Å². The molecule has 0 aliphatic rings. The molecule has 0 saturated heterocycles. The van der Waals surface area contributed by atoms with Crippen LogP contribution in [-0.2, 0) is 9.59 Å². The van der Waals surface area contributed by atoms with Gasteiger partial charge in [0.05, 0.1) is 0 Å². The molecule has 1 aromatic rings. The lowest BCUT2D eigenvalue weighted by Gasteiger charge is -2.14. The van der Waals surface area contributed by atoms with Gasteiger partial charge in [-0.1, -0.05) is 30.3 Å². The minimum absolute atomic E-state index is 0.0679. The molecule has 0 radical (unpaired) electrons. The first-order chi connectivity index (χ1) is 8.63. The van der Waals surface area contributed by atoms with Crippen LogP contribution in [0.5, 0.6) is 0 Å². The molecule has 4 heteroatoms. The Morgan fingerprint density at radius 1 is 1.28 bits per heavy atom. The van der Waals surface area contributed by atoms with Crippen molar-refractivity contribution in [3.05, 3.63) is 42.0 Å². The highest BCUT2D eigenvalue weighted by Crippen LogP contribution is 2.01. The van der Waals surface area contributed by atoms with E-state index in [-0.39, 0.29) is 11.8 Å². The molecule has 0 heterocycles. The van der Waals surface area contributed by atoms with E-state index in [4.69, 9.17) is 0 Å². The molecule has 2 amide bonds. The lowest BCUT2D eigenvalue weighted by Crippen LogP contribution is -2.30. The summed E-state index contributed by atoms with van der Waals surface area (Å²) in [6.07, 6.45) is 3.59. The Morgan fingerprint density at radius 3 is 2.56 bits per heavy atom. The van der Waals surface area contributed by atoms with Crippen molar-refractivity contribution in [3.63, 3.8) is 0 Å². The highest BCUT2D eigenvalue weighted by Gasteiger charge is 2.06. The van der Waals surface area contributed by atoms with Crippen LogP contribution in [0.3, 0.4) is 0 Å². The standard InChI is InChI=1S/C14H18N2O2/c1-15-13(17)10-11-16(2)14(18)9-8-12-6-4-3-5-7-12/h3-9H,10-11H2,1-2H3,(H,15,17)/b9-8+. The highest BCUT2D eigenvalue weighted by molar-refractivity contribution is 5.91. The summed E-state index contributed by atoms with van der Waals surface area (Å²) in [5.74, 6) is -0.176. The molecular formula is C14H18N2O2. The normalized spacial score (nSPS) is 10.3. The number of benzene rings is 1. The number of hydrogen-bond acceptors (Lipinski definition) is 2. The van der Waals surface area contributed by atoms with Crippen LogP contribution in [0.4, 0.5) is 0 Å². The predicted octanol–water partition coefficient (Wildman–Crippen LogP) is 1.29. The van der Waals surface area contributed by atoms with Gasteiger partial charge in [-0.25, -0.2) is 0 Å². The molecule has 96 valence electrons. The van der Waals surface area contributed by atoms with Gasteiger partial charge in [-0.15, -0.1) is 0 Å². The Bertz CT molecular complexity index is 427. The molecular weight excluding hydrogens is 228 g/mol. The van der Waals surface area contributed by atoms with E-state index in [1.165, 1.54) is 11.0 Å². The van der Waals surface area contributed by atoms with E-state index in [0.717, 1.165) is 5.56 Å². The minimum Gasteiger partial charge on any atom is -0.359 e. The largest absolute Gasteiger partial charge is 0.359 e. The summed E-state index contributed by atoms with van der Waals surface area (Å²) in [4.78, 5) is 24.3. The van der Waals surface area contributed by atoms with Crippen molar-refractivity contribution in [1.82, 2.24) is 10.2 Å². The van der Waals surface area contributed by atoms with Crippen LogP contribution in [0, 0.1) is 0 Å². The molecule has 1 rings (SSSR count). The van der Waals surface area contributed by atoms with E-state index in [0.29, 0.717) is 13.0 Å². The first-order valence-corrected chi connectivity index (χ1v) is 5.82. The van der Waals surface area contributed by atoms with Crippen molar-refractivity contribution in [3.8, 4) is 0 Å². The zero-order valence-electron chi connectivity index (χ0n) is 10.7. The maximum atomic E-state index is 11.7. The lowest BCUT2D eigenvalue weighted by molar-refractivity contribution is -0.126. The van der Waals surface area contributed by atoms with Crippen molar-refractivity contribution >= 4 is 17.9 Å². The van der Waals surface area contributed by atoms with Gasteiger partial charge in [0.15, 0.2) is 0 Å². The molecule has 4 nitrogen and oxygen atoms in total. The third-order valence-electron chi connectivity index (χ3n) is 2.55. The molecule has 0 fully saturated rings. The third-order valence-corrected chi connectivity index (χ3v) is 2.55. The van der Waals surface area contributed by atoms with Crippen molar-refractivity contribution in [1.29, 1.82) is 0 Å². The van der Waals surface area contributed by atoms with Crippen molar-refractivity contribution in [2.45, 2.75) is 6.42 Å². The number of carbonyl (C=O) groups is 2. The minimum atomic E-state index is -0.109. The summed E-state index contributed by atoms with van der Waals surface area (Å²) in [6.45, 7) is 0.414. The SMILES string of the molecule is CNC(=O)CCN(C)C(=O)/C=C/c1ccccc1. The smallest absolute Gasteiger partial charge is 0.246 e. The second kappa shape index (κ2) is 7.27. The summed E-state index contributed by atoms with van der Waals surface area (Å²) < 4.78 is 0. The molecule has 0 aliphatic carbocycles. The number of likely N-dealkylation sites (N-methyl/N-ethyl adjacent to an activating group) is 1. The molecule has 0 atom stereocenters. The van der Waals surface area contributed by atoms with Crippen LogP contribution < -0.4 is 5.32 Å². The van der Waals surface area contributed by atoms with E-state index >= 15 is 0 Å². The second-order valence-electron chi connectivity index (χ2n) is 3.93. The van der Waals surface area contributed by atoms with Crippen molar-refractivity contribution in [2.75, 3.05) is 20.6 Å². The number of nitrogens with one attached hydrogen (secondary N) is 1. The number of rotatable bonds is 5. The summed E-state index contributed by atoms with van der Waals surface area (Å²) in [6, 6.07) is 9.61. The lowest BCUT2D eigenvalue weighted by atomic mass is 10.2.